The summed E-state index contributed by atoms with van der Waals surface area (Å²) < 4.78 is 5.29. The Kier molecular flexibility index (Phi) is 2.50. The monoisotopic (exact) mass is 164 g/mol. The zero-order valence-electron chi connectivity index (χ0n) is 7.46. The van der Waals surface area contributed by atoms with Crippen molar-refractivity contribution in [2.45, 2.75) is 32.1 Å². The Balaban J connectivity index is 1.97. The van der Waals surface area contributed by atoms with Crippen LogP contribution in [0.2, 0.25) is 0 Å². The number of hydrogen-bond acceptors (Lipinski definition) is 1. The van der Waals surface area contributed by atoms with Gasteiger partial charge in [0.15, 0.2) is 0 Å². The first kappa shape index (κ1) is 7.90. The molecule has 1 nitrogen and oxygen atoms in total. The van der Waals surface area contributed by atoms with Crippen molar-refractivity contribution in [3.05, 3.63) is 24.0 Å². The molecule has 0 aromatic heterocycles. The minimum absolute atomic E-state index is 0.760. The molecular formula is C11H16O. The van der Waals surface area contributed by atoms with Crippen molar-refractivity contribution < 1.29 is 4.74 Å². The Bertz CT molecular complexity index is 197. The highest BCUT2D eigenvalue weighted by Crippen LogP contribution is 2.30. The molecule has 2 aliphatic rings. The summed E-state index contributed by atoms with van der Waals surface area (Å²) >= 11 is 0. The van der Waals surface area contributed by atoms with E-state index in [2.05, 4.69) is 12.2 Å². The van der Waals surface area contributed by atoms with Gasteiger partial charge in [0.25, 0.3) is 0 Å². The van der Waals surface area contributed by atoms with Crippen molar-refractivity contribution in [3.8, 4) is 0 Å². The molecule has 66 valence electrons. The van der Waals surface area contributed by atoms with Gasteiger partial charge in [-0.25, -0.2) is 0 Å². The lowest BCUT2D eigenvalue weighted by molar-refractivity contribution is 0.272. The van der Waals surface area contributed by atoms with Gasteiger partial charge in [-0.3, -0.25) is 0 Å². The fraction of sp³-hybridized carbons (Fsp3) is 0.636. The quantitative estimate of drug-likeness (QED) is 0.578. The van der Waals surface area contributed by atoms with E-state index in [1.807, 2.05) is 6.26 Å². The normalized spacial score (nSPS) is 24.8. The lowest BCUT2D eigenvalue weighted by Crippen LogP contribution is -2.10. The van der Waals surface area contributed by atoms with Crippen molar-refractivity contribution in [2.75, 3.05) is 6.61 Å². The van der Waals surface area contributed by atoms with E-state index in [-0.39, 0.29) is 0 Å². The van der Waals surface area contributed by atoms with Crippen molar-refractivity contribution in [1.82, 2.24) is 0 Å². The van der Waals surface area contributed by atoms with Gasteiger partial charge < -0.3 is 4.74 Å². The molecule has 1 fully saturated rings. The number of hydrogen-bond donors (Lipinski definition) is 0. The molecule has 1 heterocycles. The molecular weight excluding hydrogens is 148 g/mol. The topological polar surface area (TPSA) is 9.23 Å². The van der Waals surface area contributed by atoms with Crippen LogP contribution in [-0.4, -0.2) is 6.61 Å². The molecule has 0 amide bonds. The summed E-state index contributed by atoms with van der Waals surface area (Å²) in [4.78, 5) is 0. The summed E-state index contributed by atoms with van der Waals surface area (Å²) in [5.74, 6) is 0.787. The summed E-state index contributed by atoms with van der Waals surface area (Å²) in [6, 6.07) is 0. The maximum absolute atomic E-state index is 5.29. The van der Waals surface area contributed by atoms with Gasteiger partial charge in [0.05, 0.1) is 6.26 Å². The van der Waals surface area contributed by atoms with Gasteiger partial charge in [0, 0.05) is 0 Å². The van der Waals surface area contributed by atoms with Gasteiger partial charge in [-0.05, 0) is 30.4 Å². The van der Waals surface area contributed by atoms with Crippen LogP contribution in [0.25, 0.3) is 0 Å². The predicted molar refractivity (Wildman–Crippen MR) is 49.8 cm³/mol. The zero-order valence-corrected chi connectivity index (χ0v) is 7.46. The zero-order chi connectivity index (χ0) is 8.23. The number of ether oxygens (including phenoxy) is 1. The first-order valence-electron chi connectivity index (χ1n) is 4.95. The summed E-state index contributed by atoms with van der Waals surface area (Å²) in [6.07, 6.45) is 13.2. The molecule has 0 spiro atoms. The lowest BCUT2D eigenvalue weighted by atomic mass is 9.84. The smallest absolute Gasteiger partial charge is 0.106 e. The van der Waals surface area contributed by atoms with Crippen LogP contribution in [-0.2, 0) is 4.74 Å². The van der Waals surface area contributed by atoms with E-state index in [0.717, 1.165) is 12.5 Å². The van der Waals surface area contributed by atoms with E-state index in [1.54, 1.807) is 0 Å². The average molecular weight is 164 g/mol. The van der Waals surface area contributed by atoms with Gasteiger partial charge in [0.1, 0.15) is 6.61 Å². The third kappa shape index (κ3) is 1.71. The number of allylic oxidation sites excluding steroid dienone is 2. The fourth-order valence-electron chi connectivity index (χ4n) is 2.09. The molecule has 0 atom stereocenters. The largest absolute Gasteiger partial charge is 0.497 e. The SMILES string of the molecule is C1=CC(C2CCCCC2)=COC1. The van der Waals surface area contributed by atoms with E-state index in [1.165, 1.54) is 37.7 Å². The molecule has 1 saturated carbocycles. The Labute approximate surface area is 74.1 Å². The van der Waals surface area contributed by atoms with Crippen molar-refractivity contribution >= 4 is 0 Å². The van der Waals surface area contributed by atoms with E-state index in [0.29, 0.717) is 0 Å². The van der Waals surface area contributed by atoms with Gasteiger partial charge in [0.2, 0.25) is 0 Å². The number of rotatable bonds is 1. The summed E-state index contributed by atoms with van der Waals surface area (Å²) in [5, 5.41) is 0. The molecule has 2 rings (SSSR count). The second-order valence-corrected chi connectivity index (χ2v) is 3.69. The predicted octanol–water partition coefficient (Wildman–Crippen LogP) is 3.04. The molecule has 1 heteroatoms. The van der Waals surface area contributed by atoms with Crippen LogP contribution in [0.15, 0.2) is 24.0 Å². The molecule has 0 saturated heterocycles. The van der Waals surface area contributed by atoms with Crippen LogP contribution >= 0.6 is 0 Å². The lowest BCUT2D eigenvalue weighted by Gasteiger charge is -2.23. The van der Waals surface area contributed by atoms with Crippen LogP contribution in [0.3, 0.4) is 0 Å². The van der Waals surface area contributed by atoms with Crippen LogP contribution in [0, 0.1) is 5.92 Å². The summed E-state index contributed by atoms with van der Waals surface area (Å²) in [7, 11) is 0. The van der Waals surface area contributed by atoms with E-state index < -0.39 is 0 Å². The highest BCUT2D eigenvalue weighted by atomic mass is 16.5. The highest BCUT2D eigenvalue weighted by Gasteiger charge is 2.17. The maximum atomic E-state index is 5.29. The minimum atomic E-state index is 0.760. The average Bonchev–Trinajstić information content (AvgIpc) is 2.21. The molecule has 0 radical (unpaired) electrons. The molecule has 0 N–H and O–H groups in total. The molecule has 0 unspecified atom stereocenters. The van der Waals surface area contributed by atoms with E-state index >= 15 is 0 Å². The van der Waals surface area contributed by atoms with E-state index in [4.69, 9.17) is 4.74 Å². The van der Waals surface area contributed by atoms with Gasteiger partial charge >= 0.3 is 0 Å². The molecule has 1 aliphatic heterocycles. The minimum Gasteiger partial charge on any atom is -0.497 e. The molecule has 12 heavy (non-hydrogen) atoms. The molecule has 0 aromatic rings. The van der Waals surface area contributed by atoms with Crippen LogP contribution in [0.4, 0.5) is 0 Å². The standard InChI is InChI=1S/C11H16O/c1-2-5-10(6-3-1)11-7-4-8-12-9-11/h4,7,9-10H,1-3,5-6,8H2. The fourth-order valence-corrected chi connectivity index (χ4v) is 2.09. The highest BCUT2D eigenvalue weighted by molar-refractivity contribution is 5.22. The Hall–Kier alpha value is -0.720. The van der Waals surface area contributed by atoms with Gasteiger partial charge in [-0.1, -0.05) is 25.3 Å². The van der Waals surface area contributed by atoms with Crippen molar-refractivity contribution in [3.63, 3.8) is 0 Å². The third-order valence-corrected chi connectivity index (χ3v) is 2.80. The third-order valence-electron chi connectivity index (χ3n) is 2.80. The maximum Gasteiger partial charge on any atom is 0.106 e. The first-order chi connectivity index (χ1) is 5.97. The van der Waals surface area contributed by atoms with Crippen LogP contribution < -0.4 is 0 Å². The van der Waals surface area contributed by atoms with Crippen LogP contribution in [0.1, 0.15) is 32.1 Å². The molecule has 0 bridgehead atoms. The van der Waals surface area contributed by atoms with Crippen LogP contribution in [0.5, 0.6) is 0 Å². The van der Waals surface area contributed by atoms with Crippen molar-refractivity contribution in [2.24, 2.45) is 5.92 Å². The summed E-state index contributed by atoms with van der Waals surface area (Å²) in [5.41, 5.74) is 1.42. The van der Waals surface area contributed by atoms with Crippen molar-refractivity contribution in [1.29, 1.82) is 0 Å². The van der Waals surface area contributed by atoms with E-state index in [9.17, 15) is 0 Å². The molecule has 1 aliphatic carbocycles. The van der Waals surface area contributed by atoms with Gasteiger partial charge in [-0.2, -0.15) is 0 Å². The Morgan fingerprint density at radius 1 is 1.17 bits per heavy atom. The van der Waals surface area contributed by atoms with Gasteiger partial charge in [-0.15, -0.1) is 0 Å². The Morgan fingerprint density at radius 2 is 2.00 bits per heavy atom. The molecule has 0 aromatic carbocycles. The second kappa shape index (κ2) is 3.79. The first-order valence-corrected chi connectivity index (χ1v) is 4.95. The summed E-state index contributed by atoms with van der Waals surface area (Å²) in [6.45, 7) is 0.760. The second-order valence-electron chi connectivity index (χ2n) is 3.69. The Morgan fingerprint density at radius 3 is 2.67 bits per heavy atom.